The van der Waals surface area contributed by atoms with Gasteiger partial charge in [-0.05, 0) is 29.3 Å². The number of pyridine rings is 1. The second kappa shape index (κ2) is 5.80. The highest BCUT2D eigenvalue weighted by molar-refractivity contribution is 6.30. The van der Waals surface area contributed by atoms with Gasteiger partial charge in [0.05, 0.1) is 6.54 Å². The molecular formula is C13H10Cl2N2. The molecule has 1 aromatic carbocycles. The van der Waals surface area contributed by atoms with Gasteiger partial charge in [-0.15, -0.1) is 0 Å². The molecule has 2 rings (SSSR count). The minimum atomic E-state index is 0.496. The first-order valence-electron chi connectivity index (χ1n) is 5.10. The summed E-state index contributed by atoms with van der Waals surface area (Å²) in [5.74, 6) is 0. The van der Waals surface area contributed by atoms with E-state index in [2.05, 4.69) is 9.98 Å². The molecule has 0 unspecified atom stereocenters. The average molecular weight is 265 g/mol. The minimum absolute atomic E-state index is 0.496. The van der Waals surface area contributed by atoms with E-state index >= 15 is 0 Å². The second-order valence-corrected chi connectivity index (χ2v) is 4.33. The molecule has 0 radical (unpaired) electrons. The molecule has 86 valence electrons. The monoisotopic (exact) mass is 264 g/mol. The Morgan fingerprint density at radius 2 is 1.82 bits per heavy atom. The van der Waals surface area contributed by atoms with Crippen molar-refractivity contribution in [2.75, 3.05) is 0 Å². The molecule has 2 aromatic rings. The zero-order valence-corrected chi connectivity index (χ0v) is 10.5. The normalized spacial score (nSPS) is 10.9. The molecule has 0 amide bonds. The summed E-state index contributed by atoms with van der Waals surface area (Å²) >= 11 is 11.5. The summed E-state index contributed by atoms with van der Waals surface area (Å²) < 4.78 is 0. The smallest absolute Gasteiger partial charge is 0.129 e. The summed E-state index contributed by atoms with van der Waals surface area (Å²) in [6.07, 6.45) is 3.53. The van der Waals surface area contributed by atoms with Crippen LogP contribution >= 0.6 is 23.2 Å². The van der Waals surface area contributed by atoms with Crippen molar-refractivity contribution >= 4 is 29.4 Å². The van der Waals surface area contributed by atoms with Gasteiger partial charge in [0.15, 0.2) is 0 Å². The summed E-state index contributed by atoms with van der Waals surface area (Å²) in [4.78, 5) is 8.31. The highest BCUT2D eigenvalue weighted by atomic mass is 35.5. The maximum absolute atomic E-state index is 5.79. The van der Waals surface area contributed by atoms with Crippen LogP contribution in [0.3, 0.4) is 0 Å². The summed E-state index contributed by atoms with van der Waals surface area (Å²) in [5, 5.41) is 1.22. The molecule has 17 heavy (non-hydrogen) atoms. The molecule has 4 heteroatoms. The fraction of sp³-hybridized carbons (Fsp3) is 0.0769. The van der Waals surface area contributed by atoms with Crippen molar-refractivity contribution in [1.29, 1.82) is 0 Å². The van der Waals surface area contributed by atoms with Crippen molar-refractivity contribution in [3.05, 3.63) is 63.9 Å². The van der Waals surface area contributed by atoms with Crippen LogP contribution in [0.4, 0.5) is 0 Å². The Balaban J connectivity index is 1.97. The summed E-state index contributed by atoms with van der Waals surface area (Å²) in [6, 6.07) is 11.2. The predicted octanol–water partition coefficient (Wildman–Crippen LogP) is 4.01. The Morgan fingerprint density at radius 3 is 2.47 bits per heavy atom. The molecule has 0 fully saturated rings. The average Bonchev–Trinajstić information content (AvgIpc) is 2.34. The topological polar surface area (TPSA) is 25.2 Å². The van der Waals surface area contributed by atoms with E-state index in [0.29, 0.717) is 11.7 Å². The van der Waals surface area contributed by atoms with Gasteiger partial charge in [0.1, 0.15) is 5.15 Å². The SMILES string of the molecule is Clc1ccc(C=NCc2ccc(Cl)nc2)cc1. The van der Waals surface area contributed by atoms with E-state index in [-0.39, 0.29) is 0 Å². The molecule has 0 saturated heterocycles. The lowest BCUT2D eigenvalue weighted by Crippen LogP contribution is -1.85. The number of hydrogen-bond acceptors (Lipinski definition) is 2. The van der Waals surface area contributed by atoms with Crippen LogP contribution in [-0.2, 0) is 6.54 Å². The third kappa shape index (κ3) is 3.84. The first-order chi connectivity index (χ1) is 8.24. The van der Waals surface area contributed by atoms with Gasteiger partial charge in [0, 0.05) is 17.4 Å². The lowest BCUT2D eigenvalue weighted by molar-refractivity contribution is 1.05. The molecule has 0 aliphatic rings. The zero-order valence-electron chi connectivity index (χ0n) is 8.98. The Morgan fingerprint density at radius 1 is 1.06 bits per heavy atom. The third-order valence-electron chi connectivity index (χ3n) is 2.17. The molecule has 0 atom stereocenters. The lowest BCUT2D eigenvalue weighted by Gasteiger charge is -1.96. The Kier molecular flexibility index (Phi) is 4.13. The zero-order chi connectivity index (χ0) is 12.1. The van der Waals surface area contributed by atoms with Crippen molar-refractivity contribution in [3.8, 4) is 0 Å². The first kappa shape index (κ1) is 12.1. The Labute approximate surface area is 110 Å². The highest BCUT2D eigenvalue weighted by Gasteiger charge is 1.92. The molecule has 0 aliphatic carbocycles. The summed E-state index contributed by atoms with van der Waals surface area (Å²) in [7, 11) is 0. The molecule has 0 spiro atoms. The molecule has 1 heterocycles. The molecule has 0 bridgehead atoms. The number of nitrogens with zero attached hydrogens (tertiary/aromatic N) is 2. The van der Waals surface area contributed by atoms with Crippen LogP contribution in [-0.4, -0.2) is 11.2 Å². The number of aromatic nitrogens is 1. The van der Waals surface area contributed by atoms with Crippen LogP contribution in [0.2, 0.25) is 10.2 Å². The first-order valence-corrected chi connectivity index (χ1v) is 5.85. The van der Waals surface area contributed by atoms with Crippen LogP contribution in [0.25, 0.3) is 0 Å². The fourth-order valence-corrected chi connectivity index (χ4v) is 1.54. The van der Waals surface area contributed by atoms with E-state index in [0.717, 1.165) is 16.1 Å². The van der Waals surface area contributed by atoms with Gasteiger partial charge in [0.2, 0.25) is 0 Å². The molecular weight excluding hydrogens is 255 g/mol. The van der Waals surface area contributed by atoms with Crippen molar-refractivity contribution in [2.24, 2.45) is 4.99 Å². The molecule has 0 N–H and O–H groups in total. The van der Waals surface area contributed by atoms with Crippen molar-refractivity contribution < 1.29 is 0 Å². The largest absolute Gasteiger partial charge is 0.288 e. The maximum Gasteiger partial charge on any atom is 0.129 e. The van der Waals surface area contributed by atoms with E-state index in [1.807, 2.05) is 36.5 Å². The standard InChI is InChI=1S/C13H10Cl2N2/c14-12-4-1-10(2-5-12)7-16-8-11-3-6-13(15)17-9-11/h1-7,9H,8H2. The van der Waals surface area contributed by atoms with Crippen molar-refractivity contribution in [2.45, 2.75) is 6.54 Å². The number of rotatable bonds is 3. The summed E-state index contributed by atoms with van der Waals surface area (Å²) in [5.41, 5.74) is 2.05. The van der Waals surface area contributed by atoms with Gasteiger partial charge in [-0.2, -0.15) is 0 Å². The van der Waals surface area contributed by atoms with E-state index in [1.165, 1.54) is 0 Å². The van der Waals surface area contributed by atoms with Gasteiger partial charge in [0.25, 0.3) is 0 Å². The van der Waals surface area contributed by atoms with E-state index in [4.69, 9.17) is 23.2 Å². The van der Waals surface area contributed by atoms with Crippen LogP contribution < -0.4 is 0 Å². The van der Waals surface area contributed by atoms with Gasteiger partial charge in [-0.1, -0.05) is 41.4 Å². The number of hydrogen-bond donors (Lipinski definition) is 0. The molecule has 1 aromatic heterocycles. The van der Waals surface area contributed by atoms with Crippen LogP contribution in [0.15, 0.2) is 47.6 Å². The van der Waals surface area contributed by atoms with Crippen molar-refractivity contribution in [1.82, 2.24) is 4.98 Å². The third-order valence-corrected chi connectivity index (χ3v) is 2.65. The van der Waals surface area contributed by atoms with Gasteiger partial charge >= 0.3 is 0 Å². The Bertz CT molecular complexity index is 504. The summed E-state index contributed by atoms with van der Waals surface area (Å²) in [6.45, 7) is 0.590. The maximum atomic E-state index is 5.79. The number of halogens is 2. The van der Waals surface area contributed by atoms with Crippen LogP contribution in [0.1, 0.15) is 11.1 Å². The van der Waals surface area contributed by atoms with E-state index in [1.54, 1.807) is 12.3 Å². The highest BCUT2D eigenvalue weighted by Crippen LogP contribution is 2.09. The fourth-order valence-electron chi connectivity index (χ4n) is 1.31. The number of benzene rings is 1. The van der Waals surface area contributed by atoms with Gasteiger partial charge in [-0.3, -0.25) is 4.99 Å². The minimum Gasteiger partial charge on any atom is -0.288 e. The van der Waals surface area contributed by atoms with Crippen molar-refractivity contribution in [3.63, 3.8) is 0 Å². The number of aliphatic imine (C=N–C) groups is 1. The van der Waals surface area contributed by atoms with Gasteiger partial charge in [-0.25, -0.2) is 4.98 Å². The molecule has 0 aliphatic heterocycles. The predicted molar refractivity (Wildman–Crippen MR) is 72.0 cm³/mol. The van der Waals surface area contributed by atoms with E-state index in [9.17, 15) is 0 Å². The molecule has 0 saturated carbocycles. The quantitative estimate of drug-likeness (QED) is 0.608. The van der Waals surface area contributed by atoms with Crippen LogP contribution in [0.5, 0.6) is 0 Å². The second-order valence-electron chi connectivity index (χ2n) is 3.51. The van der Waals surface area contributed by atoms with E-state index < -0.39 is 0 Å². The van der Waals surface area contributed by atoms with Gasteiger partial charge < -0.3 is 0 Å². The lowest BCUT2D eigenvalue weighted by atomic mass is 10.2. The van der Waals surface area contributed by atoms with Crippen LogP contribution in [0, 0.1) is 0 Å². The molecule has 2 nitrogen and oxygen atoms in total. The Hall–Kier alpha value is -1.38.